The van der Waals surface area contributed by atoms with Gasteiger partial charge in [0.05, 0.1) is 17.9 Å². The quantitative estimate of drug-likeness (QED) is 0.298. The molecule has 2 aromatic rings. The van der Waals surface area contributed by atoms with Crippen LogP contribution >= 0.6 is 34.0 Å². The molecule has 0 radical (unpaired) electrons. The third kappa shape index (κ3) is 9.71. The van der Waals surface area contributed by atoms with Crippen LogP contribution in [-0.2, 0) is 23.2 Å². The number of aryl methyl sites for hydroxylation is 1. The summed E-state index contributed by atoms with van der Waals surface area (Å²) >= 11 is 0. The first kappa shape index (κ1) is 33.7. The predicted molar refractivity (Wildman–Crippen MR) is 157 cm³/mol. The Balaban J connectivity index is 0.00000342. The Hall–Kier alpha value is -1.36. The number of imidazole rings is 1. The Labute approximate surface area is 241 Å². The molecule has 1 heterocycles. The molecule has 10 heteroatoms. The van der Waals surface area contributed by atoms with Gasteiger partial charge in [0, 0.05) is 31.4 Å². The maximum atomic E-state index is 14.3. The van der Waals surface area contributed by atoms with Crippen LogP contribution in [0, 0.1) is 17.0 Å². The summed E-state index contributed by atoms with van der Waals surface area (Å²) in [4.78, 5) is 17.5. The molecule has 6 nitrogen and oxygen atoms in total. The Morgan fingerprint density at radius 2 is 1.86 bits per heavy atom. The highest BCUT2D eigenvalue weighted by Crippen LogP contribution is 2.26. The number of halogens is 4. The Morgan fingerprint density at radius 1 is 1.16 bits per heavy atom. The van der Waals surface area contributed by atoms with Crippen LogP contribution in [0.4, 0.5) is 14.6 Å². The molecule has 3 rings (SSSR count). The van der Waals surface area contributed by atoms with E-state index in [1.54, 1.807) is 6.33 Å². The average molecular weight is 651 g/mol. The lowest BCUT2D eigenvalue weighted by Gasteiger charge is -2.30. The smallest absolute Gasteiger partial charge is 0.242 e. The molecule has 2 atom stereocenters. The molecule has 210 valence electrons. The van der Waals surface area contributed by atoms with E-state index in [0.29, 0.717) is 30.6 Å². The second kappa shape index (κ2) is 14.1. The van der Waals surface area contributed by atoms with E-state index in [0.717, 1.165) is 37.6 Å². The van der Waals surface area contributed by atoms with Gasteiger partial charge < -0.3 is 20.5 Å². The number of aromatic nitrogens is 2. The molecular weight excluding hydrogens is 608 g/mol. The van der Waals surface area contributed by atoms with Crippen LogP contribution in [-0.4, -0.2) is 40.6 Å². The van der Waals surface area contributed by atoms with Crippen molar-refractivity contribution in [1.82, 2.24) is 20.2 Å². The van der Waals surface area contributed by atoms with Gasteiger partial charge in [-0.3, -0.25) is 4.79 Å². The Bertz CT molecular complexity index is 1020. The number of anilines is 1. The third-order valence-electron chi connectivity index (χ3n) is 6.54. The molecule has 3 N–H and O–H groups in total. The van der Waals surface area contributed by atoms with Crippen molar-refractivity contribution in [2.45, 2.75) is 91.3 Å². The van der Waals surface area contributed by atoms with Crippen molar-refractivity contribution in [3.8, 4) is 0 Å². The molecule has 1 unspecified atom stereocenters. The molecule has 0 spiro atoms. The van der Waals surface area contributed by atoms with Crippen molar-refractivity contribution in [1.29, 1.82) is 0 Å². The molecule has 1 aromatic carbocycles. The SMILES string of the molecule is Br.Br.CCCC(N[C@H]1CCc2cc(F)cc(F)c2C1)C(=O)Nc1cn(C(C)(C)CNCC(C)(C)C)cn1. The Kier molecular flexibility index (Phi) is 12.9. The number of hydrogen-bond donors (Lipinski definition) is 3. The van der Waals surface area contributed by atoms with Gasteiger partial charge in [0.25, 0.3) is 0 Å². The van der Waals surface area contributed by atoms with E-state index in [4.69, 9.17) is 0 Å². The first-order valence-corrected chi connectivity index (χ1v) is 12.7. The van der Waals surface area contributed by atoms with Gasteiger partial charge in [0.2, 0.25) is 5.91 Å². The van der Waals surface area contributed by atoms with E-state index in [-0.39, 0.29) is 56.9 Å². The number of hydrogen-bond acceptors (Lipinski definition) is 4. The number of nitrogens with zero attached hydrogens (tertiary/aromatic N) is 2. The fraction of sp³-hybridized carbons (Fsp3) is 0.630. The first-order valence-electron chi connectivity index (χ1n) is 12.7. The van der Waals surface area contributed by atoms with Crippen LogP contribution in [0.1, 0.15) is 71.9 Å². The average Bonchev–Trinajstić information content (AvgIpc) is 3.22. The largest absolute Gasteiger partial charge is 0.328 e. The second-order valence-electron chi connectivity index (χ2n) is 11.6. The zero-order valence-electron chi connectivity index (χ0n) is 22.8. The van der Waals surface area contributed by atoms with Gasteiger partial charge in [0.15, 0.2) is 5.82 Å². The normalized spacial score (nSPS) is 16.3. The van der Waals surface area contributed by atoms with E-state index in [1.807, 2.05) is 17.7 Å². The molecule has 1 amide bonds. The number of benzene rings is 1. The van der Waals surface area contributed by atoms with Gasteiger partial charge in [0.1, 0.15) is 11.6 Å². The number of fused-ring (bicyclic) bond motifs is 1. The summed E-state index contributed by atoms with van der Waals surface area (Å²) in [6.45, 7) is 14.6. The minimum absolute atomic E-state index is 0. The van der Waals surface area contributed by atoms with Gasteiger partial charge in [-0.05, 0) is 62.1 Å². The van der Waals surface area contributed by atoms with Crippen LogP contribution in [0.15, 0.2) is 24.7 Å². The van der Waals surface area contributed by atoms with E-state index >= 15 is 0 Å². The zero-order valence-corrected chi connectivity index (χ0v) is 26.2. The van der Waals surface area contributed by atoms with Crippen molar-refractivity contribution < 1.29 is 13.6 Å². The first-order chi connectivity index (χ1) is 16.4. The van der Waals surface area contributed by atoms with Crippen molar-refractivity contribution >= 4 is 45.7 Å². The standard InChI is InChI=1S/C27H41F2N5O.2BrH/c1-7-8-23(32-20-10-9-18-11-19(28)12-22(29)21(18)13-20)25(35)33-24-14-34(17-31-24)27(5,6)16-30-15-26(2,3)4;;/h11-12,14,17,20,23,30,32H,7-10,13,15-16H2,1-6H3,(H,33,35);2*1H/t20-,23?;;/m0../s1. The molecule has 0 saturated carbocycles. The minimum atomic E-state index is -0.538. The maximum absolute atomic E-state index is 14.3. The van der Waals surface area contributed by atoms with Crippen LogP contribution in [0.3, 0.4) is 0 Å². The predicted octanol–water partition coefficient (Wildman–Crippen LogP) is 5.94. The molecule has 0 saturated heterocycles. The van der Waals surface area contributed by atoms with Gasteiger partial charge in [-0.2, -0.15) is 0 Å². The summed E-state index contributed by atoms with van der Waals surface area (Å²) < 4.78 is 29.9. The minimum Gasteiger partial charge on any atom is -0.328 e. The number of carbonyl (C=O) groups excluding carboxylic acids is 1. The summed E-state index contributed by atoms with van der Waals surface area (Å²) in [6, 6.07) is 1.90. The van der Waals surface area contributed by atoms with Crippen molar-refractivity contribution in [2.24, 2.45) is 5.41 Å². The molecule has 37 heavy (non-hydrogen) atoms. The van der Waals surface area contributed by atoms with Crippen LogP contribution in [0.5, 0.6) is 0 Å². The molecule has 1 aromatic heterocycles. The zero-order chi connectivity index (χ0) is 25.8. The third-order valence-corrected chi connectivity index (χ3v) is 6.54. The highest BCUT2D eigenvalue weighted by molar-refractivity contribution is 8.93. The number of carbonyl (C=O) groups is 1. The lowest BCUT2D eigenvalue weighted by atomic mass is 9.87. The lowest BCUT2D eigenvalue weighted by Crippen LogP contribution is -2.48. The van der Waals surface area contributed by atoms with Gasteiger partial charge >= 0.3 is 0 Å². The van der Waals surface area contributed by atoms with Crippen molar-refractivity contribution in [3.63, 3.8) is 0 Å². The van der Waals surface area contributed by atoms with Crippen LogP contribution in [0.2, 0.25) is 0 Å². The number of rotatable bonds is 10. The van der Waals surface area contributed by atoms with Crippen LogP contribution in [0.25, 0.3) is 0 Å². The number of amides is 1. The lowest BCUT2D eigenvalue weighted by molar-refractivity contribution is -0.118. The van der Waals surface area contributed by atoms with Gasteiger partial charge in [-0.25, -0.2) is 13.8 Å². The molecule has 1 aliphatic carbocycles. The van der Waals surface area contributed by atoms with Gasteiger partial charge in [-0.1, -0.05) is 34.1 Å². The fourth-order valence-corrected chi connectivity index (χ4v) is 4.56. The summed E-state index contributed by atoms with van der Waals surface area (Å²) in [6.07, 6.45) is 6.86. The summed E-state index contributed by atoms with van der Waals surface area (Å²) in [5.41, 5.74) is 1.27. The van der Waals surface area contributed by atoms with Crippen LogP contribution < -0.4 is 16.0 Å². The molecule has 1 aliphatic rings. The highest BCUT2D eigenvalue weighted by atomic mass is 79.9. The van der Waals surface area contributed by atoms with Crippen molar-refractivity contribution in [3.05, 3.63) is 47.4 Å². The van der Waals surface area contributed by atoms with E-state index < -0.39 is 17.7 Å². The van der Waals surface area contributed by atoms with E-state index in [2.05, 4.69) is 55.6 Å². The molecular formula is C27H43Br2F2N5O. The monoisotopic (exact) mass is 649 g/mol. The van der Waals surface area contributed by atoms with Gasteiger partial charge in [-0.15, -0.1) is 34.0 Å². The second-order valence-corrected chi connectivity index (χ2v) is 11.6. The summed E-state index contributed by atoms with van der Waals surface area (Å²) in [7, 11) is 0. The Morgan fingerprint density at radius 3 is 2.51 bits per heavy atom. The topological polar surface area (TPSA) is 71.0 Å². The molecule has 0 bridgehead atoms. The molecule has 0 aliphatic heterocycles. The maximum Gasteiger partial charge on any atom is 0.242 e. The van der Waals surface area contributed by atoms with E-state index in [1.165, 1.54) is 6.07 Å². The van der Waals surface area contributed by atoms with E-state index in [9.17, 15) is 13.6 Å². The molecule has 0 fully saturated rings. The number of nitrogens with one attached hydrogen (secondary N) is 3. The fourth-order valence-electron chi connectivity index (χ4n) is 4.56. The highest BCUT2D eigenvalue weighted by Gasteiger charge is 2.28. The van der Waals surface area contributed by atoms with Crippen molar-refractivity contribution in [2.75, 3.05) is 18.4 Å². The summed E-state index contributed by atoms with van der Waals surface area (Å²) in [5.74, 6) is -0.680. The summed E-state index contributed by atoms with van der Waals surface area (Å²) in [5, 5.41) is 9.89.